The van der Waals surface area contributed by atoms with Gasteiger partial charge in [0.2, 0.25) is 0 Å². The molecule has 1 aromatic carbocycles. The smallest absolute Gasteiger partial charge is 0.251 e. The highest BCUT2D eigenvalue weighted by Crippen LogP contribution is 2.02. The van der Waals surface area contributed by atoms with Gasteiger partial charge >= 0.3 is 0 Å². The summed E-state index contributed by atoms with van der Waals surface area (Å²) in [5, 5.41) is 2.88. The van der Waals surface area contributed by atoms with E-state index in [0.717, 1.165) is 12.1 Å². The van der Waals surface area contributed by atoms with Crippen molar-refractivity contribution in [3.05, 3.63) is 35.4 Å². The second-order valence-electron chi connectivity index (χ2n) is 3.97. The fourth-order valence-electron chi connectivity index (χ4n) is 1.10. The third-order valence-corrected chi connectivity index (χ3v) is 1.98. The van der Waals surface area contributed by atoms with Crippen LogP contribution in [0.4, 0.5) is 0 Å². The Hall–Kier alpha value is -1.31. The van der Waals surface area contributed by atoms with Crippen molar-refractivity contribution in [2.75, 3.05) is 6.54 Å². The van der Waals surface area contributed by atoms with Gasteiger partial charge in [0.25, 0.3) is 5.91 Å². The van der Waals surface area contributed by atoms with Crippen LogP contribution in [-0.4, -0.2) is 12.5 Å². The van der Waals surface area contributed by atoms with E-state index in [-0.39, 0.29) is 5.91 Å². The number of hydrogen-bond donors (Lipinski definition) is 1. The molecule has 0 atom stereocenters. The summed E-state index contributed by atoms with van der Waals surface area (Å²) in [7, 11) is 0. The summed E-state index contributed by atoms with van der Waals surface area (Å²) in [6.45, 7) is 10.9. The molecule has 1 aromatic rings. The van der Waals surface area contributed by atoms with Crippen molar-refractivity contribution < 1.29 is 4.79 Å². The summed E-state index contributed by atoms with van der Waals surface area (Å²) >= 11 is 0. The molecular weight excluding hydrogens is 198 g/mol. The lowest BCUT2D eigenvalue weighted by molar-refractivity contribution is 0.0949. The van der Waals surface area contributed by atoms with Gasteiger partial charge in [0.05, 0.1) is 0 Å². The van der Waals surface area contributed by atoms with Crippen LogP contribution in [0.3, 0.4) is 0 Å². The first kappa shape index (κ1) is 14.7. The molecule has 0 bridgehead atoms. The number of nitrogens with one attached hydrogen (secondary N) is 1. The second-order valence-corrected chi connectivity index (χ2v) is 3.97. The van der Waals surface area contributed by atoms with Gasteiger partial charge in [-0.3, -0.25) is 4.79 Å². The molecule has 0 aromatic heterocycles. The zero-order chi connectivity index (χ0) is 12.6. The lowest BCUT2D eigenvalue weighted by Gasteiger charge is -2.07. The molecular formula is C14H23NO. The molecule has 0 saturated heterocycles. The zero-order valence-corrected chi connectivity index (χ0v) is 11.0. The number of hydrogen-bond acceptors (Lipinski definition) is 1. The molecule has 2 heteroatoms. The maximum Gasteiger partial charge on any atom is 0.251 e. The van der Waals surface area contributed by atoms with Gasteiger partial charge in [-0.1, -0.05) is 45.4 Å². The van der Waals surface area contributed by atoms with E-state index >= 15 is 0 Å². The van der Waals surface area contributed by atoms with Crippen molar-refractivity contribution in [2.45, 2.75) is 34.6 Å². The Morgan fingerprint density at radius 3 is 2.12 bits per heavy atom. The summed E-state index contributed by atoms with van der Waals surface area (Å²) in [6, 6.07) is 7.60. The molecule has 0 aliphatic rings. The molecule has 1 rings (SSSR count). The molecule has 0 saturated carbocycles. The molecule has 1 amide bonds. The van der Waals surface area contributed by atoms with Gasteiger partial charge in [0.15, 0.2) is 0 Å². The van der Waals surface area contributed by atoms with Crippen LogP contribution in [0.15, 0.2) is 24.3 Å². The van der Waals surface area contributed by atoms with Crippen molar-refractivity contribution in [2.24, 2.45) is 5.92 Å². The van der Waals surface area contributed by atoms with E-state index in [0.29, 0.717) is 5.92 Å². The second kappa shape index (κ2) is 7.91. The SMILES string of the molecule is CC.Cc1ccc(C(=O)NCC(C)C)cc1. The number of aryl methyl sites for hydroxylation is 1. The van der Waals surface area contributed by atoms with Crippen LogP contribution in [0.1, 0.15) is 43.6 Å². The lowest BCUT2D eigenvalue weighted by Crippen LogP contribution is -2.27. The Morgan fingerprint density at radius 2 is 1.69 bits per heavy atom. The largest absolute Gasteiger partial charge is 0.352 e. The van der Waals surface area contributed by atoms with E-state index in [2.05, 4.69) is 19.2 Å². The molecule has 0 aliphatic carbocycles. The van der Waals surface area contributed by atoms with Gasteiger partial charge < -0.3 is 5.32 Å². The van der Waals surface area contributed by atoms with E-state index in [4.69, 9.17) is 0 Å². The highest BCUT2D eigenvalue weighted by Gasteiger charge is 2.04. The molecule has 0 fully saturated rings. The monoisotopic (exact) mass is 221 g/mol. The van der Waals surface area contributed by atoms with E-state index < -0.39 is 0 Å². The van der Waals surface area contributed by atoms with Crippen molar-refractivity contribution in [3.63, 3.8) is 0 Å². The van der Waals surface area contributed by atoms with E-state index in [1.54, 1.807) is 0 Å². The number of rotatable bonds is 3. The molecule has 0 spiro atoms. The highest BCUT2D eigenvalue weighted by atomic mass is 16.1. The minimum Gasteiger partial charge on any atom is -0.352 e. The molecule has 0 aliphatic heterocycles. The third-order valence-electron chi connectivity index (χ3n) is 1.98. The highest BCUT2D eigenvalue weighted by molar-refractivity contribution is 5.94. The maximum absolute atomic E-state index is 11.5. The minimum absolute atomic E-state index is 0.0127. The topological polar surface area (TPSA) is 29.1 Å². The number of carbonyl (C=O) groups excluding carboxylic acids is 1. The van der Waals surface area contributed by atoms with Gasteiger partial charge in [-0.25, -0.2) is 0 Å². The predicted molar refractivity (Wildman–Crippen MR) is 69.7 cm³/mol. The summed E-state index contributed by atoms with van der Waals surface area (Å²) in [5.74, 6) is 0.503. The first-order valence-corrected chi connectivity index (χ1v) is 5.94. The zero-order valence-electron chi connectivity index (χ0n) is 11.0. The molecule has 1 N–H and O–H groups in total. The van der Waals surface area contributed by atoms with Crippen LogP contribution in [0.25, 0.3) is 0 Å². The van der Waals surface area contributed by atoms with E-state index in [1.165, 1.54) is 5.56 Å². The standard InChI is InChI=1S/C12H17NO.C2H6/c1-9(2)8-13-12(14)11-6-4-10(3)5-7-11;1-2/h4-7,9H,8H2,1-3H3,(H,13,14);1-2H3. The van der Waals surface area contributed by atoms with Crippen molar-refractivity contribution >= 4 is 5.91 Å². The fraction of sp³-hybridized carbons (Fsp3) is 0.500. The van der Waals surface area contributed by atoms with Gasteiger partial charge in [-0.05, 0) is 25.0 Å². The van der Waals surface area contributed by atoms with Gasteiger partial charge in [0.1, 0.15) is 0 Å². The predicted octanol–water partition coefficient (Wildman–Crippen LogP) is 3.41. The quantitative estimate of drug-likeness (QED) is 0.832. The van der Waals surface area contributed by atoms with Crippen molar-refractivity contribution in [1.29, 1.82) is 0 Å². The van der Waals surface area contributed by atoms with Crippen molar-refractivity contribution in [1.82, 2.24) is 5.32 Å². The lowest BCUT2D eigenvalue weighted by atomic mass is 10.1. The molecule has 0 heterocycles. The number of benzene rings is 1. The minimum atomic E-state index is 0.0127. The van der Waals surface area contributed by atoms with E-state index in [9.17, 15) is 4.79 Å². The normalized spacial score (nSPS) is 9.38. The molecule has 2 nitrogen and oxygen atoms in total. The average Bonchev–Trinajstić information content (AvgIpc) is 2.29. The summed E-state index contributed by atoms with van der Waals surface area (Å²) in [6.07, 6.45) is 0. The Balaban J connectivity index is 0.00000106. The van der Waals surface area contributed by atoms with Gasteiger partial charge in [0, 0.05) is 12.1 Å². The number of amides is 1. The van der Waals surface area contributed by atoms with Gasteiger partial charge in [-0.15, -0.1) is 0 Å². The summed E-state index contributed by atoms with van der Waals surface area (Å²) in [4.78, 5) is 11.5. The first-order valence-electron chi connectivity index (χ1n) is 5.94. The van der Waals surface area contributed by atoms with Gasteiger partial charge in [-0.2, -0.15) is 0 Å². The van der Waals surface area contributed by atoms with E-state index in [1.807, 2.05) is 45.0 Å². The average molecular weight is 221 g/mol. The Kier molecular flexibility index (Phi) is 7.27. The first-order chi connectivity index (χ1) is 7.59. The van der Waals surface area contributed by atoms with Crippen LogP contribution < -0.4 is 5.32 Å². The Morgan fingerprint density at radius 1 is 1.19 bits per heavy atom. The molecule has 90 valence electrons. The summed E-state index contributed by atoms with van der Waals surface area (Å²) in [5.41, 5.74) is 1.90. The molecule has 0 radical (unpaired) electrons. The number of carbonyl (C=O) groups is 1. The molecule has 0 unspecified atom stereocenters. The van der Waals surface area contributed by atoms with Crippen LogP contribution in [-0.2, 0) is 0 Å². The van der Waals surface area contributed by atoms with Crippen LogP contribution in [0.5, 0.6) is 0 Å². The van der Waals surface area contributed by atoms with Crippen LogP contribution in [0, 0.1) is 12.8 Å². The third kappa shape index (κ3) is 5.54. The Bertz CT molecular complexity index is 301. The van der Waals surface area contributed by atoms with Crippen LogP contribution in [0.2, 0.25) is 0 Å². The van der Waals surface area contributed by atoms with Crippen LogP contribution >= 0.6 is 0 Å². The molecule has 16 heavy (non-hydrogen) atoms. The fourth-order valence-corrected chi connectivity index (χ4v) is 1.10. The summed E-state index contributed by atoms with van der Waals surface area (Å²) < 4.78 is 0. The Labute approximate surface area is 99.1 Å². The maximum atomic E-state index is 11.5. The van der Waals surface area contributed by atoms with Crippen molar-refractivity contribution in [3.8, 4) is 0 Å².